The fraction of sp³-hybridized carbons (Fsp3) is 0.464. The second kappa shape index (κ2) is 11.5. The average molecular weight is 510 g/mol. The van der Waals surface area contributed by atoms with Crippen molar-refractivity contribution in [2.24, 2.45) is 11.8 Å². The molecule has 0 spiro atoms. The maximum Gasteiger partial charge on any atom is 0.253 e. The monoisotopic (exact) mass is 509 g/mol. The molecule has 0 radical (unpaired) electrons. The van der Waals surface area contributed by atoms with E-state index in [0.29, 0.717) is 54.3 Å². The zero-order valence-corrected chi connectivity index (χ0v) is 21.8. The third-order valence-corrected chi connectivity index (χ3v) is 7.21. The Morgan fingerprint density at radius 3 is 2.22 bits per heavy atom. The molecule has 37 heavy (non-hydrogen) atoms. The van der Waals surface area contributed by atoms with E-state index in [1.54, 1.807) is 54.5 Å². The number of methoxy groups -OCH3 is 1. The maximum absolute atomic E-state index is 13.3. The van der Waals surface area contributed by atoms with Gasteiger partial charge in [-0.25, -0.2) is 0 Å². The molecule has 1 saturated heterocycles. The Balaban J connectivity index is 1.44. The maximum atomic E-state index is 13.3. The third kappa shape index (κ3) is 6.15. The van der Waals surface area contributed by atoms with Crippen LogP contribution in [0.15, 0.2) is 42.5 Å². The van der Waals surface area contributed by atoms with Crippen molar-refractivity contribution in [3.8, 4) is 17.2 Å². The Morgan fingerprint density at radius 2 is 1.57 bits per heavy atom. The van der Waals surface area contributed by atoms with Crippen molar-refractivity contribution in [3.05, 3.63) is 53.6 Å². The van der Waals surface area contributed by atoms with Crippen LogP contribution in [0, 0.1) is 11.8 Å². The lowest BCUT2D eigenvalue weighted by atomic mass is 9.87. The number of likely N-dealkylation sites (tertiary alicyclic amines) is 1. The van der Waals surface area contributed by atoms with Gasteiger partial charge >= 0.3 is 0 Å². The van der Waals surface area contributed by atoms with Crippen LogP contribution in [0.5, 0.6) is 17.2 Å². The van der Waals surface area contributed by atoms with Crippen molar-refractivity contribution >= 4 is 17.7 Å². The van der Waals surface area contributed by atoms with Crippen LogP contribution in [0.3, 0.4) is 0 Å². The quantitative estimate of drug-likeness (QED) is 0.566. The van der Waals surface area contributed by atoms with Gasteiger partial charge in [0.05, 0.1) is 7.11 Å². The molecule has 9 nitrogen and oxygen atoms in total. The summed E-state index contributed by atoms with van der Waals surface area (Å²) >= 11 is 0. The van der Waals surface area contributed by atoms with Gasteiger partial charge in [-0.1, -0.05) is 13.8 Å². The van der Waals surface area contributed by atoms with Gasteiger partial charge in [-0.05, 0) is 74.1 Å². The lowest BCUT2D eigenvalue weighted by Gasteiger charge is -2.36. The number of amides is 3. The highest BCUT2D eigenvalue weighted by molar-refractivity contribution is 5.98. The molecule has 2 aliphatic rings. The number of nitrogens with zero attached hydrogens (tertiary/aromatic N) is 1. The number of benzene rings is 2. The molecule has 198 valence electrons. The van der Waals surface area contributed by atoms with Crippen LogP contribution in [-0.2, 0) is 4.79 Å². The smallest absolute Gasteiger partial charge is 0.253 e. The van der Waals surface area contributed by atoms with E-state index >= 15 is 0 Å². The molecule has 4 rings (SSSR count). The van der Waals surface area contributed by atoms with Crippen LogP contribution in [-0.4, -0.2) is 61.7 Å². The summed E-state index contributed by atoms with van der Waals surface area (Å²) in [6.07, 6.45) is 1.18. The molecule has 2 heterocycles. The SMILES string of the molecule is COc1ccc(C(=O)N[C@@H](C(=O)N[C@@H](C)C(C)C)C2CCN(C(=O)c3ccc4c(c3)OCO4)CC2)cc1. The Labute approximate surface area is 217 Å². The highest BCUT2D eigenvalue weighted by Gasteiger charge is 2.35. The van der Waals surface area contributed by atoms with Crippen molar-refractivity contribution in [2.75, 3.05) is 27.0 Å². The number of piperidine rings is 1. The first-order chi connectivity index (χ1) is 17.8. The van der Waals surface area contributed by atoms with E-state index in [2.05, 4.69) is 10.6 Å². The number of hydrogen-bond acceptors (Lipinski definition) is 6. The Morgan fingerprint density at radius 1 is 0.919 bits per heavy atom. The molecule has 2 aromatic carbocycles. The minimum atomic E-state index is -0.710. The molecular weight excluding hydrogens is 474 g/mol. The van der Waals surface area contributed by atoms with Gasteiger partial charge in [-0.3, -0.25) is 14.4 Å². The second-order valence-electron chi connectivity index (χ2n) is 9.92. The van der Waals surface area contributed by atoms with E-state index in [4.69, 9.17) is 14.2 Å². The molecule has 0 aromatic heterocycles. The summed E-state index contributed by atoms with van der Waals surface area (Å²) in [5.41, 5.74) is 0.987. The largest absolute Gasteiger partial charge is 0.497 e. The summed E-state index contributed by atoms with van der Waals surface area (Å²) in [7, 11) is 1.56. The minimum Gasteiger partial charge on any atom is -0.497 e. The summed E-state index contributed by atoms with van der Waals surface area (Å²) < 4.78 is 15.9. The standard InChI is InChI=1S/C28H35N3O6/c1-17(2)18(3)29-27(33)25(30-26(32)20-5-8-22(35-4)9-6-20)19-11-13-31(14-12-19)28(34)21-7-10-23-24(15-21)37-16-36-23/h5-10,15,17-19,25H,11-14,16H2,1-4H3,(H,29,33)(H,30,32)/t18-,25+/m0/s1. The highest BCUT2D eigenvalue weighted by Crippen LogP contribution is 2.33. The van der Waals surface area contributed by atoms with Crippen LogP contribution >= 0.6 is 0 Å². The predicted octanol–water partition coefficient (Wildman–Crippen LogP) is 3.24. The highest BCUT2D eigenvalue weighted by atomic mass is 16.7. The summed E-state index contributed by atoms with van der Waals surface area (Å²) in [6.45, 7) is 7.16. The number of nitrogens with one attached hydrogen (secondary N) is 2. The van der Waals surface area contributed by atoms with Gasteiger partial charge in [0.1, 0.15) is 11.8 Å². The fourth-order valence-electron chi connectivity index (χ4n) is 4.49. The van der Waals surface area contributed by atoms with E-state index in [0.717, 1.165) is 0 Å². The van der Waals surface area contributed by atoms with E-state index in [1.165, 1.54) is 0 Å². The van der Waals surface area contributed by atoms with Gasteiger partial charge in [0, 0.05) is 30.3 Å². The van der Waals surface area contributed by atoms with Crippen LogP contribution in [0.4, 0.5) is 0 Å². The van der Waals surface area contributed by atoms with Crippen molar-refractivity contribution in [1.82, 2.24) is 15.5 Å². The first-order valence-corrected chi connectivity index (χ1v) is 12.7. The van der Waals surface area contributed by atoms with Crippen molar-refractivity contribution in [2.45, 2.75) is 45.7 Å². The zero-order chi connectivity index (χ0) is 26.5. The minimum absolute atomic E-state index is 0.0411. The summed E-state index contributed by atoms with van der Waals surface area (Å²) in [6, 6.07) is 11.2. The Bertz CT molecular complexity index is 1130. The van der Waals surface area contributed by atoms with Crippen molar-refractivity contribution in [3.63, 3.8) is 0 Å². The molecule has 3 amide bonds. The lowest BCUT2D eigenvalue weighted by molar-refractivity contribution is -0.125. The summed E-state index contributed by atoms with van der Waals surface area (Å²) in [5, 5.41) is 6.02. The predicted molar refractivity (Wildman–Crippen MR) is 138 cm³/mol. The number of carbonyl (C=O) groups excluding carboxylic acids is 3. The number of rotatable bonds is 8. The molecule has 2 aliphatic heterocycles. The number of hydrogen-bond donors (Lipinski definition) is 2. The van der Waals surface area contributed by atoms with Gasteiger partial charge < -0.3 is 29.7 Å². The lowest BCUT2D eigenvalue weighted by Crippen LogP contribution is -2.55. The van der Waals surface area contributed by atoms with Crippen LogP contribution in [0.25, 0.3) is 0 Å². The average Bonchev–Trinajstić information content (AvgIpc) is 3.39. The van der Waals surface area contributed by atoms with Gasteiger partial charge in [0.2, 0.25) is 12.7 Å². The van der Waals surface area contributed by atoms with Crippen LogP contribution < -0.4 is 24.8 Å². The van der Waals surface area contributed by atoms with Gasteiger partial charge in [-0.15, -0.1) is 0 Å². The number of fused-ring (bicyclic) bond motifs is 1. The fourth-order valence-corrected chi connectivity index (χ4v) is 4.49. The van der Waals surface area contributed by atoms with Gasteiger partial charge in [0.25, 0.3) is 11.8 Å². The second-order valence-corrected chi connectivity index (χ2v) is 9.92. The van der Waals surface area contributed by atoms with Gasteiger partial charge in [0.15, 0.2) is 11.5 Å². The van der Waals surface area contributed by atoms with Crippen molar-refractivity contribution < 1.29 is 28.6 Å². The van der Waals surface area contributed by atoms with E-state index < -0.39 is 6.04 Å². The molecule has 0 saturated carbocycles. The first kappa shape index (κ1) is 26.3. The summed E-state index contributed by atoms with van der Waals surface area (Å²) in [5.74, 6) is 1.38. The first-order valence-electron chi connectivity index (χ1n) is 12.7. The molecule has 0 bridgehead atoms. The molecular formula is C28H35N3O6. The molecule has 2 aromatic rings. The molecule has 9 heteroatoms. The topological polar surface area (TPSA) is 106 Å². The normalized spacial score (nSPS) is 16.7. The third-order valence-electron chi connectivity index (χ3n) is 7.21. The molecule has 1 fully saturated rings. The zero-order valence-electron chi connectivity index (χ0n) is 21.8. The van der Waals surface area contributed by atoms with E-state index in [-0.39, 0.29) is 42.4 Å². The van der Waals surface area contributed by atoms with Crippen LogP contribution in [0.1, 0.15) is 54.3 Å². The van der Waals surface area contributed by atoms with Crippen LogP contribution in [0.2, 0.25) is 0 Å². The molecule has 0 aliphatic carbocycles. The van der Waals surface area contributed by atoms with E-state index in [9.17, 15) is 14.4 Å². The van der Waals surface area contributed by atoms with E-state index in [1.807, 2.05) is 20.8 Å². The van der Waals surface area contributed by atoms with Crippen molar-refractivity contribution in [1.29, 1.82) is 0 Å². The number of carbonyl (C=O) groups is 3. The van der Waals surface area contributed by atoms with Gasteiger partial charge in [-0.2, -0.15) is 0 Å². The summed E-state index contributed by atoms with van der Waals surface area (Å²) in [4.78, 5) is 41.3. The molecule has 2 N–H and O–H groups in total. The number of ether oxygens (including phenoxy) is 3. The molecule has 0 unspecified atom stereocenters. The Kier molecular flexibility index (Phi) is 8.21. The Hall–Kier alpha value is -3.75. The molecule has 2 atom stereocenters.